The highest BCUT2D eigenvalue weighted by atomic mass is 16.2. The third kappa shape index (κ3) is 3.00. The molecule has 19 heavy (non-hydrogen) atoms. The molecule has 0 saturated carbocycles. The quantitative estimate of drug-likeness (QED) is 0.875. The predicted molar refractivity (Wildman–Crippen MR) is 79.5 cm³/mol. The Morgan fingerprint density at radius 3 is 2.79 bits per heavy atom. The molecule has 1 aliphatic heterocycles. The molecule has 1 heterocycles. The zero-order valence-corrected chi connectivity index (χ0v) is 11.9. The highest BCUT2D eigenvalue weighted by Crippen LogP contribution is 2.25. The lowest BCUT2D eigenvalue weighted by Crippen LogP contribution is -2.49. The summed E-state index contributed by atoms with van der Waals surface area (Å²) in [7, 11) is 1.89. The molecule has 1 aliphatic rings. The maximum atomic E-state index is 12.4. The Balaban J connectivity index is 2.02. The first kappa shape index (κ1) is 13.7. The lowest BCUT2D eigenvalue weighted by atomic mass is 10.1. The van der Waals surface area contributed by atoms with Gasteiger partial charge in [-0.1, -0.05) is 25.5 Å². The van der Waals surface area contributed by atoms with Crippen LogP contribution in [0.5, 0.6) is 0 Å². The number of hydrogen-bond donors (Lipinski definition) is 2. The number of para-hydroxylation sites is 2. The van der Waals surface area contributed by atoms with Gasteiger partial charge in [-0.15, -0.1) is 0 Å². The second-order valence-corrected chi connectivity index (χ2v) is 5.21. The number of rotatable bonds is 4. The molecule has 0 aliphatic carbocycles. The zero-order chi connectivity index (χ0) is 13.8. The Morgan fingerprint density at radius 2 is 2.11 bits per heavy atom. The van der Waals surface area contributed by atoms with Crippen LogP contribution in [0.2, 0.25) is 0 Å². The van der Waals surface area contributed by atoms with Crippen molar-refractivity contribution in [2.24, 2.45) is 0 Å². The van der Waals surface area contributed by atoms with Crippen molar-refractivity contribution in [3.63, 3.8) is 0 Å². The average Bonchev–Trinajstić information content (AvgIpc) is 2.45. The molecule has 2 atom stereocenters. The second kappa shape index (κ2) is 5.95. The highest BCUT2D eigenvalue weighted by Gasteiger charge is 2.27. The Hall–Kier alpha value is -1.71. The summed E-state index contributed by atoms with van der Waals surface area (Å²) < 4.78 is 0. The van der Waals surface area contributed by atoms with E-state index in [9.17, 15) is 4.79 Å². The monoisotopic (exact) mass is 261 g/mol. The molecule has 0 spiro atoms. The normalized spacial score (nSPS) is 18.8. The molecule has 0 aromatic heterocycles. The third-order valence-electron chi connectivity index (χ3n) is 3.77. The largest absolute Gasteiger partial charge is 0.381 e. The molecule has 104 valence electrons. The molecule has 4 nitrogen and oxygen atoms in total. The minimum absolute atomic E-state index is 0.156. The number of anilines is 2. The zero-order valence-electron chi connectivity index (χ0n) is 11.9. The molecule has 0 radical (unpaired) electrons. The van der Waals surface area contributed by atoms with E-state index in [1.54, 1.807) is 0 Å². The molecule has 1 amide bonds. The maximum Gasteiger partial charge on any atom is 0.246 e. The van der Waals surface area contributed by atoms with Gasteiger partial charge in [-0.25, -0.2) is 0 Å². The van der Waals surface area contributed by atoms with Gasteiger partial charge in [0.25, 0.3) is 0 Å². The molecule has 0 fully saturated rings. The van der Waals surface area contributed by atoms with Crippen LogP contribution in [-0.2, 0) is 4.79 Å². The first-order valence-corrected chi connectivity index (χ1v) is 6.99. The average molecular weight is 261 g/mol. The fraction of sp³-hybridized carbons (Fsp3) is 0.533. The van der Waals surface area contributed by atoms with Gasteiger partial charge in [-0.3, -0.25) is 4.79 Å². The number of likely N-dealkylation sites (N-methyl/N-ethyl adjacent to an activating group) is 1. The molecular weight excluding hydrogens is 238 g/mol. The van der Waals surface area contributed by atoms with E-state index in [1.807, 2.05) is 36.2 Å². The van der Waals surface area contributed by atoms with E-state index in [0.717, 1.165) is 24.2 Å². The Labute approximate surface area is 115 Å². The van der Waals surface area contributed by atoms with Crippen molar-refractivity contribution in [3.8, 4) is 0 Å². The standard InChI is InChI=1S/C15H23N3O/c1-4-7-11(2)18(3)15(19)14-10-16-12-8-5-6-9-13(12)17-14/h5-6,8-9,11,14,16-17H,4,7,10H2,1-3H3. The topological polar surface area (TPSA) is 44.4 Å². The number of carbonyl (C=O) groups is 1. The molecule has 4 heteroatoms. The van der Waals surface area contributed by atoms with Crippen LogP contribution in [0.3, 0.4) is 0 Å². The van der Waals surface area contributed by atoms with Crippen LogP contribution in [0.25, 0.3) is 0 Å². The predicted octanol–water partition coefficient (Wildman–Crippen LogP) is 2.54. The summed E-state index contributed by atoms with van der Waals surface area (Å²) >= 11 is 0. The Kier molecular flexibility index (Phi) is 4.30. The summed E-state index contributed by atoms with van der Waals surface area (Å²) in [5, 5.41) is 6.63. The van der Waals surface area contributed by atoms with Gasteiger partial charge in [-0.05, 0) is 25.5 Å². The molecule has 1 aromatic carbocycles. The molecule has 2 N–H and O–H groups in total. The number of hydrogen-bond acceptors (Lipinski definition) is 3. The van der Waals surface area contributed by atoms with Crippen LogP contribution < -0.4 is 10.6 Å². The van der Waals surface area contributed by atoms with Crippen LogP contribution in [0.1, 0.15) is 26.7 Å². The minimum Gasteiger partial charge on any atom is -0.381 e. The first-order chi connectivity index (χ1) is 9.13. The Bertz CT molecular complexity index is 447. The molecular formula is C15H23N3O. The fourth-order valence-electron chi connectivity index (χ4n) is 2.44. The van der Waals surface area contributed by atoms with E-state index >= 15 is 0 Å². The first-order valence-electron chi connectivity index (χ1n) is 6.99. The third-order valence-corrected chi connectivity index (χ3v) is 3.77. The summed E-state index contributed by atoms with van der Waals surface area (Å²) in [6, 6.07) is 8.09. The number of fused-ring (bicyclic) bond motifs is 1. The molecule has 1 aromatic rings. The van der Waals surface area contributed by atoms with Crippen molar-refractivity contribution >= 4 is 17.3 Å². The van der Waals surface area contributed by atoms with E-state index in [1.165, 1.54) is 0 Å². The van der Waals surface area contributed by atoms with Crippen molar-refractivity contribution < 1.29 is 4.79 Å². The SMILES string of the molecule is CCCC(C)N(C)C(=O)C1CNc2ccccc2N1. The van der Waals surface area contributed by atoms with E-state index in [2.05, 4.69) is 24.5 Å². The molecule has 0 saturated heterocycles. The van der Waals surface area contributed by atoms with Gasteiger partial charge < -0.3 is 15.5 Å². The van der Waals surface area contributed by atoms with Crippen LogP contribution >= 0.6 is 0 Å². The summed E-state index contributed by atoms with van der Waals surface area (Å²) in [5.41, 5.74) is 2.07. The van der Waals surface area contributed by atoms with Gasteiger partial charge in [0, 0.05) is 19.6 Å². The van der Waals surface area contributed by atoms with E-state index in [-0.39, 0.29) is 18.0 Å². The number of carbonyl (C=O) groups excluding carboxylic acids is 1. The van der Waals surface area contributed by atoms with Crippen molar-refractivity contribution in [1.29, 1.82) is 0 Å². The van der Waals surface area contributed by atoms with Crippen molar-refractivity contribution in [1.82, 2.24) is 4.90 Å². The molecule has 2 unspecified atom stereocenters. The van der Waals surface area contributed by atoms with Crippen molar-refractivity contribution in [3.05, 3.63) is 24.3 Å². The van der Waals surface area contributed by atoms with Gasteiger partial charge in [0.05, 0.1) is 11.4 Å². The Morgan fingerprint density at radius 1 is 1.42 bits per heavy atom. The van der Waals surface area contributed by atoms with E-state index in [4.69, 9.17) is 0 Å². The van der Waals surface area contributed by atoms with E-state index < -0.39 is 0 Å². The van der Waals surface area contributed by atoms with Crippen LogP contribution in [0.15, 0.2) is 24.3 Å². The lowest BCUT2D eigenvalue weighted by Gasteiger charge is -2.33. The van der Waals surface area contributed by atoms with Crippen LogP contribution in [0, 0.1) is 0 Å². The molecule has 0 bridgehead atoms. The number of nitrogens with one attached hydrogen (secondary N) is 2. The summed E-state index contributed by atoms with van der Waals surface area (Å²) in [6.07, 6.45) is 2.14. The van der Waals surface area contributed by atoms with Crippen molar-refractivity contribution in [2.75, 3.05) is 24.2 Å². The highest BCUT2D eigenvalue weighted by molar-refractivity contribution is 5.88. The van der Waals surface area contributed by atoms with Gasteiger partial charge >= 0.3 is 0 Å². The second-order valence-electron chi connectivity index (χ2n) is 5.21. The lowest BCUT2D eigenvalue weighted by molar-refractivity contribution is -0.132. The van der Waals surface area contributed by atoms with E-state index in [0.29, 0.717) is 6.54 Å². The maximum absolute atomic E-state index is 12.4. The van der Waals surface area contributed by atoms with Gasteiger partial charge in [0.2, 0.25) is 5.91 Å². The minimum atomic E-state index is -0.181. The van der Waals surface area contributed by atoms with Crippen LogP contribution in [-0.4, -0.2) is 36.5 Å². The fourth-order valence-corrected chi connectivity index (χ4v) is 2.44. The van der Waals surface area contributed by atoms with Gasteiger partial charge in [0.15, 0.2) is 0 Å². The number of benzene rings is 1. The summed E-state index contributed by atoms with van der Waals surface area (Å²) in [6.45, 7) is 4.89. The molecule has 2 rings (SSSR count). The smallest absolute Gasteiger partial charge is 0.246 e. The van der Waals surface area contributed by atoms with Crippen LogP contribution in [0.4, 0.5) is 11.4 Å². The summed E-state index contributed by atoms with van der Waals surface area (Å²) in [5.74, 6) is 0.156. The number of amides is 1. The number of nitrogens with zero attached hydrogens (tertiary/aromatic N) is 1. The summed E-state index contributed by atoms with van der Waals surface area (Å²) in [4.78, 5) is 14.3. The van der Waals surface area contributed by atoms with Gasteiger partial charge in [-0.2, -0.15) is 0 Å². The van der Waals surface area contributed by atoms with Gasteiger partial charge in [0.1, 0.15) is 6.04 Å². The van der Waals surface area contributed by atoms with Crippen molar-refractivity contribution in [2.45, 2.75) is 38.8 Å².